The van der Waals surface area contributed by atoms with E-state index in [0.717, 1.165) is 16.1 Å². The summed E-state index contributed by atoms with van der Waals surface area (Å²) >= 11 is 0. The maximum absolute atomic E-state index is 13.5. The molecule has 0 saturated carbocycles. The number of nitrogens with one attached hydrogen (secondary N) is 1. The lowest BCUT2D eigenvalue weighted by molar-refractivity contribution is -0.139. The summed E-state index contributed by atoms with van der Waals surface area (Å²) in [5, 5.41) is 2.82. The number of anilines is 1. The van der Waals surface area contributed by atoms with E-state index in [2.05, 4.69) is 5.32 Å². The van der Waals surface area contributed by atoms with Gasteiger partial charge in [-0.15, -0.1) is 0 Å². The SMILES string of the molecule is CC(C)NC(=O)[C@@H](C)N(Cc1ccccc1)C(=O)CN(c1ccc2c(c1)OCCO2)S(C)(=O)=O. The minimum absolute atomic E-state index is 0.103. The van der Waals surface area contributed by atoms with E-state index < -0.39 is 28.5 Å². The number of hydrogen-bond acceptors (Lipinski definition) is 6. The molecule has 0 radical (unpaired) electrons. The van der Waals surface area contributed by atoms with Crippen LogP contribution in [0, 0.1) is 0 Å². The molecule has 0 bridgehead atoms. The summed E-state index contributed by atoms with van der Waals surface area (Å²) in [6.07, 6.45) is 1.04. The highest BCUT2D eigenvalue weighted by Gasteiger charge is 2.30. The highest BCUT2D eigenvalue weighted by molar-refractivity contribution is 7.92. The molecule has 3 rings (SSSR count). The molecule has 34 heavy (non-hydrogen) atoms. The fraction of sp³-hybridized carbons (Fsp3) is 0.417. The van der Waals surface area contributed by atoms with Gasteiger partial charge in [-0.3, -0.25) is 13.9 Å². The van der Waals surface area contributed by atoms with Gasteiger partial charge in [-0.25, -0.2) is 8.42 Å². The minimum Gasteiger partial charge on any atom is -0.486 e. The summed E-state index contributed by atoms with van der Waals surface area (Å²) in [6, 6.07) is 13.1. The van der Waals surface area contributed by atoms with Crippen molar-refractivity contribution in [1.29, 1.82) is 0 Å². The second-order valence-corrected chi connectivity index (χ2v) is 10.4. The van der Waals surface area contributed by atoms with Crippen molar-refractivity contribution in [2.24, 2.45) is 0 Å². The standard InChI is InChI=1S/C24H31N3O6S/c1-17(2)25-24(29)18(3)26(15-19-8-6-5-7-9-19)23(28)16-27(34(4,30)31)20-10-11-21-22(14-20)33-13-12-32-21/h5-11,14,17-18H,12-13,15-16H2,1-4H3,(H,25,29)/t18-/m1/s1. The quantitative estimate of drug-likeness (QED) is 0.579. The Kier molecular flexibility index (Phi) is 8.03. The van der Waals surface area contributed by atoms with Crippen LogP contribution >= 0.6 is 0 Å². The molecule has 0 spiro atoms. The van der Waals surface area contributed by atoms with Gasteiger partial charge in [-0.1, -0.05) is 30.3 Å². The molecule has 1 aliphatic rings. The van der Waals surface area contributed by atoms with Crippen LogP contribution in [0.2, 0.25) is 0 Å². The molecule has 1 atom stereocenters. The van der Waals surface area contributed by atoms with Gasteiger partial charge in [0.05, 0.1) is 11.9 Å². The molecule has 0 aliphatic carbocycles. The first-order chi connectivity index (χ1) is 16.1. The number of benzene rings is 2. The average molecular weight is 490 g/mol. The Bertz CT molecular complexity index is 1120. The van der Waals surface area contributed by atoms with Crippen molar-refractivity contribution in [2.75, 3.05) is 30.3 Å². The van der Waals surface area contributed by atoms with E-state index in [-0.39, 0.29) is 24.2 Å². The summed E-state index contributed by atoms with van der Waals surface area (Å²) in [6.45, 7) is 5.75. The lowest BCUT2D eigenvalue weighted by atomic mass is 10.1. The van der Waals surface area contributed by atoms with Gasteiger partial charge in [0.1, 0.15) is 25.8 Å². The number of sulfonamides is 1. The van der Waals surface area contributed by atoms with Crippen molar-refractivity contribution >= 4 is 27.5 Å². The maximum atomic E-state index is 13.5. The summed E-state index contributed by atoms with van der Waals surface area (Å²) in [7, 11) is -3.82. The third-order valence-corrected chi connectivity index (χ3v) is 6.43. The molecule has 1 N–H and O–H groups in total. The summed E-state index contributed by atoms with van der Waals surface area (Å²) < 4.78 is 37.4. The maximum Gasteiger partial charge on any atom is 0.244 e. The van der Waals surface area contributed by atoms with Crippen molar-refractivity contribution in [3.8, 4) is 11.5 Å². The van der Waals surface area contributed by atoms with Crippen LogP contribution in [-0.2, 0) is 26.2 Å². The second kappa shape index (κ2) is 10.8. The Morgan fingerprint density at radius 2 is 1.65 bits per heavy atom. The zero-order chi connectivity index (χ0) is 24.9. The number of amides is 2. The topological polar surface area (TPSA) is 105 Å². The molecule has 0 unspecified atom stereocenters. The Hall–Kier alpha value is -3.27. The molecule has 0 fully saturated rings. The Labute approximate surface area is 200 Å². The van der Waals surface area contributed by atoms with Crippen LogP contribution in [-0.4, -0.2) is 63.2 Å². The molecule has 0 saturated heterocycles. The molecule has 2 aromatic carbocycles. The number of hydrogen-bond donors (Lipinski definition) is 1. The van der Waals surface area contributed by atoms with Crippen LogP contribution in [0.5, 0.6) is 11.5 Å². The third-order valence-electron chi connectivity index (χ3n) is 5.29. The highest BCUT2D eigenvalue weighted by Crippen LogP contribution is 2.34. The van der Waals surface area contributed by atoms with Gasteiger partial charge in [-0.2, -0.15) is 0 Å². The number of carbonyl (C=O) groups excluding carboxylic acids is 2. The summed E-state index contributed by atoms with van der Waals surface area (Å²) in [5.74, 6) is 0.107. The van der Waals surface area contributed by atoms with Gasteiger partial charge in [0.15, 0.2) is 11.5 Å². The highest BCUT2D eigenvalue weighted by atomic mass is 32.2. The monoisotopic (exact) mass is 489 g/mol. The Morgan fingerprint density at radius 3 is 2.26 bits per heavy atom. The first-order valence-corrected chi connectivity index (χ1v) is 12.9. The molecule has 9 nitrogen and oxygen atoms in total. The van der Waals surface area contributed by atoms with Gasteiger partial charge in [0.2, 0.25) is 21.8 Å². The number of carbonyl (C=O) groups is 2. The second-order valence-electron chi connectivity index (χ2n) is 8.44. The predicted molar refractivity (Wildman–Crippen MR) is 129 cm³/mol. The number of rotatable bonds is 9. The van der Waals surface area contributed by atoms with Crippen LogP contribution in [0.15, 0.2) is 48.5 Å². The van der Waals surface area contributed by atoms with Crippen molar-refractivity contribution in [2.45, 2.75) is 39.4 Å². The molecule has 1 aliphatic heterocycles. The van der Waals surface area contributed by atoms with E-state index in [1.54, 1.807) is 25.1 Å². The van der Waals surface area contributed by atoms with Crippen LogP contribution in [0.25, 0.3) is 0 Å². The predicted octanol–water partition coefficient (Wildman–Crippen LogP) is 2.17. The van der Waals surface area contributed by atoms with Crippen molar-refractivity contribution < 1.29 is 27.5 Å². The van der Waals surface area contributed by atoms with E-state index in [1.807, 2.05) is 44.2 Å². The van der Waals surface area contributed by atoms with Crippen LogP contribution in [0.3, 0.4) is 0 Å². The lowest BCUT2D eigenvalue weighted by Gasteiger charge is -2.32. The molecule has 2 amide bonds. The molecular formula is C24H31N3O6S. The molecule has 10 heteroatoms. The zero-order valence-electron chi connectivity index (χ0n) is 19.9. The molecule has 1 heterocycles. The largest absolute Gasteiger partial charge is 0.486 e. The first kappa shape index (κ1) is 25.4. The summed E-state index contributed by atoms with van der Waals surface area (Å²) in [4.78, 5) is 27.6. The van der Waals surface area contributed by atoms with E-state index in [4.69, 9.17) is 9.47 Å². The van der Waals surface area contributed by atoms with Crippen molar-refractivity contribution in [1.82, 2.24) is 10.2 Å². The van der Waals surface area contributed by atoms with E-state index in [1.165, 1.54) is 4.90 Å². The first-order valence-electron chi connectivity index (χ1n) is 11.1. The minimum atomic E-state index is -3.82. The van der Waals surface area contributed by atoms with E-state index >= 15 is 0 Å². The average Bonchev–Trinajstić information content (AvgIpc) is 2.79. The van der Waals surface area contributed by atoms with Gasteiger partial charge in [0, 0.05) is 18.7 Å². The lowest BCUT2D eigenvalue weighted by Crippen LogP contribution is -2.52. The smallest absolute Gasteiger partial charge is 0.244 e. The van der Waals surface area contributed by atoms with Gasteiger partial charge < -0.3 is 19.7 Å². The number of ether oxygens (including phenoxy) is 2. The zero-order valence-corrected chi connectivity index (χ0v) is 20.7. The van der Waals surface area contributed by atoms with Crippen LogP contribution in [0.4, 0.5) is 5.69 Å². The fourth-order valence-corrected chi connectivity index (χ4v) is 4.41. The Morgan fingerprint density at radius 1 is 1.00 bits per heavy atom. The number of fused-ring (bicyclic) bond motifs is 1. The van der Waals surface area contributed by atoms with E-state index in [9.17, 15) is 18.0 Å². The summed E-state index contributed by atoms with van der Waals surface area (Å²) in [5.41, 5.74) is 1.10. The van der Waals surface area contributed by atoms with Crippen molar-refractivity contribution in [3.63, 3.8) is 0 Å². The number of nitrogens with zero attached hydrogens (tertiary/aromatic N) is 2. The third kappa shape index (κ3) is 6.40. The van der Waals surface area contributed by atoms with Crippen LogP contribution in [0.1, 0.15) is 26.3 Å². The molecule has 184 valence electrons. The molecule has 0 aromatic heterocycles. The van der Waals surface area contributed by atoms with Crippen LogP contribution < -0.4 is 19.1 Å². The Balaban J connectivity index is 1.90. The van der Waals surface area contributed by atoms with Crippen molar-refractivity contribution in [3.05, 3.63) is 54.1 Å². The fourth-order valence-electron chi connectivity index (χ4n) is 3.57. The van der Waals surface area contributed by atoms with Gasteiger partial charge in [0.25, 0.3) is 0 Å². The van der Waals surface area contributed by atoms with Gasteiger partial charge in [-0.05, 0) is 38.5 Å². The molecule has 2 aromatic rings. The normalized spacial score (nSPS) is 13.8. The molecular weight excluding hydrogens is 458 g/mol. The van der Waals surface area contributed by atoms with Gasteiger partial charge >= 0.3 is 0 Å². The van der Waals surface area contributed by atoms with E-state index in [0.29, 0.717) is 24.7 Å².